The molecule has 0 aliphatic rings. The van der Waals surface area contributed by atoms with E-state index in [2.05, 4.69) is 27.6 Å². The zero-order chi connectivity index (χ0) is 11.4. The Bertz CT molecular complexity index is 506. The van der Waals surface area contributed by atoms with Crippen LogP contribution in [0.4, 0.5) is 5.69 Å². The number of nitrogens with two attached hydrogens (primary N) is 1. The van der Waals surface area contributed by atoms with Crippen LogP contribution in [0, 0.1) is 3.57 Å². The van der Waals surface area contributed by atoms with Crippen LogP contribution < -0.4 is 5.73 Å². The van der Waals surface area contributed by atoms with Gasteiger partial charge < -0.3 is 5.73 Å². The summed E-state index contributed by atoms with van der Waals surface area (Å²) in [7, 11) is 0. The predicted octanol–water partition coefficient (Wildman–Crippen LogP) is 3.33. The molecule has 2 aromatic carbocycles. The molecular formula is C13H11IN2. The number of rotatable bonds is 2. The van der Waals surface area contributed by atoms with Crippen molar-refractivity contribution in [2.75, 3.05) is 0 Å². The second-order valence-electron chi connectivity index (χ2n) is 3.31. The molecule has 0 spiro atoms. The van der Waals surface area contributed by atoms with Gasteiger partial charge in [-0.2, -0.15) is 0 Å². The Balaban J connectivity index is 2.36. The molecule has 2 nitrogen and oxygen atoms in total. The highest BCUT2D eigenvalue weighted by molar-refractivity contribution is 14.1. The van der Waals surface area contributed by atoms with Gasteiger partial charge >= 0.3 is 0 Å². The van der Waals surface area contributed by atoms with Gasteiger partial charge in [0.05, 0.1) is 5.69 Å². The highest BCUT2D eigenvalue weighted by Crippen LogP contribution is 2.15. The van der Waals surface area contributed by atoms with Gasteiger partial charge in [0.15, 0.2) is 0 Å². The van der Waals surface area contributed by atoms with Gasteiger partial charge in [-0.25, -0.2) is 4.99 Å². The standard InChI is InChI=1S/C13H11IN2/c14-12-9-5-4-8-11(12)13(15)16-10-6-2-1-3-7-10/h1-9H,(H2,15,16). The van der Waals surface area contributed by atoms with Crippen molar-refractivity contribution in [3.05, 3.63) is 63.7 Å². The highest BCUT2D eigenvalue weighted by Gasteiger charge is 2.02. The summed E-state index contributed by atoms with van der Waals surface area (Å²) in [6.07, 6.45) is 0. The first kappa shape index (κ1) is 11.1. The molecule has 0 saturated heterocycles. The summed E-state index contributed by atoms with van der Waals surface area (Å²) < 4.78 is 1.11. The normalized spacial score (nSPS) is 11.4. The van der Waals surface area contributed by atoms with Crippen LogP contribution >= 0.6 is 22.6 Å². The van der Waals surface area contributed by atoms with Crippen molar-refractivity contribution in [3.8, 4) is 0 Å². The summed E-state index contributed by atoms with van der Waals surface area (Å²) in [5.41, 5.74) is 7.83. The minimum atomic E-state index is 0.552. The van der Waals surface area contributed by atoms with E-state index in [0.717, 1.165) is 14.8 Å². The average Bonchev–Trinajstić information content (AvgIpc) is 2.31. The number of amidine groups is 1. The highest BCUT2D eigenvalue weighted by atomic mass is 127. The number of hydrogen-bond acceptors (Lipinski definition) is 1. The second-order valence-corrected chi connectivity index (χ2v) is 4.47. The lowest BCUT2D eigenvalue weighted by atomic mass is 10.2. The van der Waals surface area contributed by atoms with Crippen LogP contribution in [0.15, 0.2) is 59.6 Å². The van der Waals surface area contributed by atoms with Crippen molar-refractivity contribution in [3.63, 3.8) is 0 Å². The third-order valence-corrected chi connectivity index (χ3v) is 3.10. The molecule has 2 aromatic rings. The molecule has 0 fully saturated rings. The van der Waals surface area contributed by atoms with E-state index in [1.807, 2.05) is 54.6 Å². The van der Waals surface area contributed by atoms with Gasteiger partial charge in [0.2, 0.25) is 0 Å². The monoisotopic (exact) mass is 322 g/mol. The van der Waals surface area contributed by atoms with Gasteiger partial charge in [-0.3, -0.25) is 0 Å². The SMILES string of the molecule is NC(=Nc1ccccc1)c1ccccc1I. The lowest BCUT2D eigenvalue weighted by molar-refractivity contribution is 1.44. The molecule has 16 heavy (non-hydrogen) atoms. The molecule has 80 valence electrons. The maximum Gasteiger partial charge on any atom is 0.132 e. The van der Waals surface area contributed by atoms with Gasteiger partial charge in [-0.05, 0) is 40.8 Å². The van der Waals surface area contributed by atoms with Crippen LogP contribution in [0.2, 0.25) is 0 Å². The number of halogens is 1. The zero-order valence-corrected chi connectivity index (χ0v) is 10.8. The second kappa shape index (κ2) is 5.12. The Hall–Kier alpha value is -1.36. The third kappa shape index (κ3) is 2.61. The minimum Gasteiger partial charge on any atom is -0.383 e. The number of para-hydroxylation sites is 1. The summed E-state index contributed by atoms with van der Waals surface area (Å²) in [6, 6.07) is 17.7. The lowest BCUT2D eigenvalue weighted by Crippen LogP contribution is -2.14. The van der Waals surface area contributed by atoms with Crippen LogP contribution in [0.25, 0.3) is 0 Å². The molecule has 0 bridgehead atoms. The van der Waals surface area contributed by atoms with E-state index in [0.29, 0.717) is 5.84 Å². The largest absolute Gasteiger partial charge is 0.383 e. The van der Waals surface area contributed by atoms with Crippen LogP contribution in [0.1, 0.15) is 5.56 Å². The zero-order valence-electron chi connectivity index (χ0n) is 8.60. The molecule has 0 aliphatic carbocycles. The maximum absolute atomic E-state index is 5.97. The van der Waals surface area contributed by atoms with E-state index in [9.17, 15) is 0 Å². The Kier molecular flexibility index (Phi) is 3.56. The summed E-state index contributed by atoms with van der Waals surface area (Å²) in [6.45, 7) is 0. The van der Waals surface area contributed by atoms with Crippen LogP contribution in [-0.2, 0) is 0 Å². The number of benzene rings is 2. The van der Waals surface area contributed by atoms with Crippen LogP contribution in [0.3, 0.4) is 0 Å². The molecule has 3 heteroatoms. The molecule has 0 atom stereocenters. The smallest absolute Gasteiger partial charge is 0.132 e. The molecule has 0 radical (unpaired) electrons. The Morgan fingerprint density at radius 1 is 0.938 bits per heavy atom. The number of nitrogens with zero attached hydrogens (tertiary/aromatic N) is 1. The number of aliphatic imine (C=N–C) groups is 1. The summed E-state index contributed by atoms with van der Waals surface area (Å²) >= 11 is 2.26. The van der Waals surface area contributed by atoms with Crippen molar-refractivity contribution in [2.45, 2.75) is 0 Å². The van der Waals surface area contributed by atoms with E-state index in [4.69, 9.17) is 5.73 Å². The molecule has 0 saturated carbocycles. The summed E-state index contributed by atoms with van der Waals surface area (Å²) in [4.78, 5) is 4.38. The van der Waals surface area contributed by atoms with E-state index in [1.165, 1.54) is 0 Å². The first-order valence-corrected chi connectivity index (χ1v) is 5.99. The Morgan fingerprint density at radius 3 is 2.25 bits per heavy atom. The van der Waals surface area contributed by atoms with Crippen molar-refractivity contribution >= 4 is 34.1 Å². The quantitative estimate of drug-likeness (QED) is 0.514. The summed E-state index contributed by atoms with van der Waals surface area (Å²) in [5.74, 6) is 0.552. The van der Waals surface area contributed by atoms with Crippen molar-refractivity contribution in [1.82, 2.24) is 0 Å². The van der Waals surface area contributed by atoms with Crippen LogP contribution in [-0.4, -0.2) is 5.84 Å². The maximum atomic E-state index is 5.97. The van der Waals surface area contributed by atoms with E-state index < -0.39 is 0 Å². The van der Waals surface area contributed by atoms with Crippen molar-refractivity contribution < 1.29 is 0 Å². The fraction of sp³-hybridized carbons (Fsp3) is 0. The van der Waals surface area contributed by atoms with E-state index in [-0.39, 0.29) is 0 Å². The summed E-state index contributed by atoms with van der Waals surface area (Å²) in [5, 5.41) is 0. The minimum absolute atomic E-state index is 0.552. The molecule has 2 rings (SSSR count). The first-order valence-electron chi connectivity index (χ1n) is 4.91. The van der Waals surface area contributed by atoms with Crippen molar-refractivity contribution in [2.24, 2.45) is 10.7 Å². The Morgan fingerprint density at radius 2 is 1.56 bits per heavy atom. The third-order valence-electron chi connectivity index (χ3n) is 2.16. The molecule has 2 N–H and O–H groups in total. The molecule has 0 heterocycles. The first-order chi connectivity index (χ1) is 7.77. The van der Waals surface area contributed by atoms with Gasteiger partial charge in [-0.15, -0.1) is 0 Å². The topological polar surface area (TPSA) is 38.4 Å². The molecule has 0 aliphatic heterocycles. The van der Waals surface area contributed by atoms with Gasteiger partial charge in [0.1, 0.15) is 5.84 Å². The average molecular weight is 322 g/mol. The fourth-order valence-electron chi connectivity index (χ4n) is 1.37. The fourth-order valence-corrected chi connectivity index (χ4v) is 2.03. The van der Waals surface area contributed by atoms with Gasteiger partial charge in [-0.1, -0.05) is 36.4 Å². The van der Waals surface area contributed by atoms with Crippen molar-refractivity contribution in [1.29, 1.82) is 0 Å². The molecule has 0 unspecified atom stereocenters. The Labute approximate surface area is 108 Å². The predicted molar refractivity (Wildman–Crippen MR) is 76.0 cm³/mol. The molecule has 0 aromatic heterocycles. The molecular weight excluding hydrogens is 311 g/mol. The lowest BCUT2D eigenvalue weighted by Gasteiger charge is -2.03. The number of hydrogen-bond donors (Lipinski definition) is 1. The van der Waals surface area contributed by atoms with E-state index in [1.54, 1.807) is 0 Å². The van der Waals surface area contributed by atoms with Gasteiger partial charge in [0, 0.05) is 9.13 Å². The molecule has 0 amide bonds. The van der Waals surface area contributed by atoms with Gasteiger partial charge in [0.25, 0.3) is 0 Å². The van der Waals surface area contributed by atoms with Crippen LogP contribution in [0.5, 0.6) is 0 Å². The van der Waals surface area contributed by atoms with E-state index >= 15 is 0 Å².